The summed E-state index contributed by atoms with van der Waals surface area (Å²) in [7, 11) is 0. The molecule has 0 radical (unpaired) electrons. The standard InChI is InChI=1S/C14H17BrFN3O/c1-9(2)7-19-14(17-8-18-19)6-13(20)11-5-10(15)3-4-12(11)16/h3-5,8-9,13,20H,6-7H2,1-2H3. The second kappa shape index (κ2) is 6.45. The highest BCUT2D eigenvalue weighted by atomic mass is 79.9. The molecule has 20 heavy (non-hydrogen) atoms. The van der Waals surface area contributed by atoms with Crippen molar-refractivity contribution >= 4 is 15.9 Å². The lowest BCUT2D eigenvalue weighted by molar-refractivity contribution is 0.168. The van der Waals surface area contributed by atoms with Gasteiger partial charge in [0.05, 0.1) is 6.10 Å². The van der Waals surface area contributed by atoms with Crippen LogP contribution in [0.5, 0.6) is 0 Å². The fourth-order valence-electron chi connectivity index (χ4n) is 2.00. The number of halogens is 2. The zero-order valence-electron chi connectivity index (χ0n) is 11.4. The van der Waals surface area contributed by atoms with Crippen LogP contribution in [0.3, 0.4) is 0 Å². The Bertz CT molecular complexity index is 586. The Balaban J connectivity index is 2.17. The smallest absolute Gasteiger partial charge is 0.138 e. The van der Waals surface area contributed by atoms with Gasteiger partial charge in [0.25, 0.3) is 0 Å². The molecule has 2 rings (SSSR count). The Morgan fingerprint density at radius 3 is 2.85 bits per heavy atom. The molecule has 1 unspecified atom stereocenters. The molecule has 0 saturated carbocycles. The highest BCUT2D eigenvalue weighted by molar-refractivity contribution is 9.10. The largest absolute Gasteiger partial charge is 0.388 e. The van der Waals surface area contributed by atoms with E-state index in [1.54, 1.807) is 16.8 Å². The zero-order valence-corrected chi connectivity index (χ0v) is 13.0. The van der Waals surface area contributed by atoms with Gasteiger partial charge in [0.1, 0.15) is 18.0 Å². The Kier molecular flexibility index (Phi) is 4.88. The van der Waals surface area contributed by atoms with Crippen LogP contribution in [0.2, 0.25) is 0 Å². The molecule has 0 fully saturated rings. The van der Waals surface area contributed by atoms with Crippen molar-refractivity contribution in [2.75, 3.05) is 0 Å². The molecule has 0 aliphatic heterocycles. The van der Waals surface area contributed by atoms with Gasteiger partial charge in [0, 0.05) is 23.0 Å². The quantitative estimate of drug-likeness (QED) is 0.908. The minimum absolute atomic E-state index is 0.236. The Labute approximate surface area is 125 Å². The number of rotatable bonds is 5. The van der Waals surface area contributed by atoms with Gasteiger partial charge >= 0.3 is 0 Å². The first-order chi connectivity index (χ1) is 9.47. The summed E-state index contributed by atoms with van der Waals surface area (Å²) in [6, 6.07) is 4.53. The molecule has 1 atom stereocenters. The average Bonchev–Trinajstić information content (AvgIpc) is 2.78. The van der Waals surface area contributed by atoms with Crippen LogP contribution in [0.4, 0.5) is 4.39 Å². The van der Waals surface area contributed by atoms with Gasteiger partial charge in [-0.05, 0) is 24.1 Å². The van der Waals surface area contributed by atoms with Crippen LogP contribution in [-0.4, -0.2) is 19.9 Å². The number of hydrogen-bond acceptors (Lipinski definition) is 3. The third kappa shape index (κ3) is 3.64. The molecule has 0 aliphatic carbocycles. The summed E-state index contributed by atoms with van der Waals surface area (Å²) in [6.07, 6.45) is 0.754. The first kappa shape index (κ1) is 15.1. The topological polar surface area (TPSA) is 50.9 Å². The third-order valence-corrected chi connectivity index (χ3v) is 3.42. The van der Waals surface area contributed by atoms with Crippen molar-refractivity contribution in [2.24, 2.45) is 5.92 Å². The molecule has 6 heteroatoms. The first-order valence-corrected chi connectivity index (χ1v) is 7.26. The summed E-state index contributed by atoms with van der Waals surface area (Å²) in [5.41, 5.74) is 0.262. The number of benzene rings is 1. The van der Waals surface area contributed by atoms with E-state index in [1.165, 1.54) is 12.4 Å². The predicted octanol–water partition coefficient (Wildman–Crippen LogP) is 3.11. The normalized spacial score (nSPS) is 12.9. The van der Waals surface area contributed by atoms with Gasteiger partial charge in [-0.15, -0.1) is 0 Å². The molecule has 108 valence electrons. The molecule has 0 spiro atoms. The number of aliphatic hydroxyl groups excluding tert-OH is 1. The van der Waals surface area contributed by atoms with E-state index in [2.05, 4.69) is 39.9 Å². The fraction of sp³-hybridized carbons (Fsp3) is 0.429. The minimum atomic E-state index is -0.942. The molecule has 1 aromatic carbocycles. The van der Waals surface area contributed by atoms with Crippen LogP contribution in [0.1, 0.15) is 31.3 Å². The van der Waals surface area contributed by atoms with E-state index >= 15 is 0 Å². The van der Waals surface area contributed by atoms with Crippen LogP contribution in [0, 0.1) is 11.7 Å². The van der Waals surface area contributed by atoms with Crippen LogP contribution in [-0.2, 0) is 13.0 Å². The Hall–Kier alpha value is -1.27. The van der Waals surface area contributed by atoms with Gasteiger partial charge in [-0.1, -0.05) is 29.8 Å². The fourth-order valence-corrected chi connectivity index (χ4v) is 2.38. The molecule has 1 aromatic heterocycles. The van der Waals surface area contributed by atoms with Crippen molar-refractivity contribution in [2.45, 2.75) is 32.9 Å². The zero-order chi connectivity index (χ0) is 14.7. The Morgan fingerprint density at radius 1 is 1.40 bits per heavy atom. The van der Waals surface area contributed by atoms with Gasteiger partial charge in [-0.2, -0.15) is 5.10 Å². The Morgan fingerprint density at radius 2 is 2.15 bits per heavy atom. The van der Waals surface area contributed by atoms with Crippen molar-refractivity contribution in [1.82, 2.24) is 14.8 Å². The second-order valence-electron chi connectivity index (χ2n) is 5.14. The number of aromatic nitrogens is 3. The highest BCUT2D eigenvalue weighted by Gasteiger charge is 2.17. The van der Waals surface area contributed by atoms with Crippen LogP contribution >= 0.6 is 15.9 Å². The maximum atomic E-state index is 13.7. The average molecular weight is 342 g/mol. The number of hydrogen-bond donors (Lipinski definition) is 1. The molecule has 1 heterocycles. The molecule has 0 aliphatic rings. The predicted molar refractivity (Wildman–Crippen MR) is 77.6 cm³/mol. The van der Waals surface area contributed by atoms with Crippen molar-refractivity contribution in [3.05, 3.63) is 46.2 Å². The van der Waals surface area contributed by atoms with Crippen molar-refractivity contribution in [3.63, 3.8) is 0 Å². The number of aliphatic hydroxyl groups is 1. The van der Waals surface area contributed by atoms with E-state index in [-0.39, 0.29) is 12.0 Å². The number of nitrogens with zero attached hydrogens (tertiary/aromatic N) is 3. The van der Waals surface area contributed by atoms with Gasteiger partial charge < -0.3 is 5.11 Å². The maximum absolute atomic E-state index is 13.7. The van der Waals surface area contributed by atoms with Gasteiger partial charge in [0.15, 0.2) is 0 Å². The van der Waals surface area contributed by atoms with E-state index < -0.39 is 11.9 Å². The van der Waals surface area contributed by atoms with Crippen molar-refractivity contribution in [1.29, 1.82) is 0 Å². The maximum Gasteiger partial charge on any atom is 0.138 e. The summed E-state index contributed by atoms with van der Waals surface area (Å²) in [5, 5.41) is 14.3. The second-order valence-corrected chi connectivity index (χ2v) is 6.05. The molecule has 0 bridgehead atoms. The monoisotopic (exact) mass is 341 g/mol. The molecule has 0 amide bonds. The van der Waals surface area contributed by atoms with Crippen molar-refractivity contribution in [3.8, 4) is 0 Å². The lowest BCUT2D eigenvalue weighted by atomic mass is 10.1. The van der Waals surface area contributed by atoms with Crippen LogP contribution in [0.15, 0.2) is 29.0 Å². The summed E-state index contributed by atoms with van der Waals surface area (Å²) in [5.74, 6) is 0.663. The molecule has 4 nitrogen and oxygen atoms in total. The van der Waals surface area contributed by atoms with Gasteiger partial charge in [-0.3, -0.25) is 0 Å². The van der Waals surface area contributed by atoms with Gasteiger partial charge in [-0.25, -0.2) is 14.1 Å². The summed E-state index contributed by atoms with van der Waals surface area (Å²) >= 11 is 3.28. The lowest BCUT2D eigenvalue weighted by Gasteiger charge is -2.14. The summed E-state index contributed by atoms with van der Waals surface area (Å²) in [6.45, 7) is 4.88. The minimum Gasteiger partial charge on any atom is -0.388 e. The SMILES string of the molecule is CC(C)Cn1ncnc1CC(O)c1cc(Br)ccc1F. The first-order valence-electron chi connectivity index (χ1n) is 6.47. The van der Waals surface area contributed by atoms with Gasteiger partial charge in [0.2, 0.25) is 0 Å². The van der Waals surface area contributed by atoms with E-state index in [0.717, 1.165) is 11.0 Å². The summed E-state index contributed by atoms with van der Waals surface area (Å²) < 4.78 is 16.2. The molecule has 0 saturated heterocycles. The molecular weight excluding hydrogens is 325 g/mol. The molecular formula is C14H17BrFN3O. The molecule has 1 N–H and O–H groups in total. The van der Waals surface area contributed by atoms with Crippen LogP contribution < -0.4 is 0 Å². The highest BCUT2D eigenvalue weighted by Crippen LogP contribution is 2.24. The summed E-state index contributed by atoms with van der Waals surface area (Å²) in [4.78, 5) is 4.14. The van der Waals surface area contributed by atoms with E-state index in [1.807, 2.05) is 0 Å². The molecule has 2 aromatic rings. The van der Waals surface area contributed by atoms with E-state index in [0.29, 0.717) is 11.7 Å². The van der Waals surface area contributed by atoms with Crippen LogP contribution in [0.25, 0.3) is 0 Å². The third-order valence-electron chi connectivity index (χ3n) is 2.93. The van der Waals surface area contributed by atoms with Crippen molar-refractivity contribution < 1.29 is 9.50 Å². The van der Waals surface area contributed by atoms with E-state index in [4.69, 9.17) is 0 Å². The van der Waals surface area contributed by atoms with E-state index in [9.17, 15) is 9.50 Å². The lowest BCUT2D eigenvalue weighted by Crippen LogP contribution is -2.14.